The van der Waals surface area contributed by atoms with Gasteiger partial charge in [-0.25, -0.2) is 4.79 Å². The quantitative estimate of drug-likeness (QED) is 0.834. The van der Waals surface area contributed by atoms with Crippen molar-refractivity contribution in [2.45, 2.75) is 6.92 Å². The zero-order chi connectivity index (χ0) is 17.8. The molecule has 1 saturated heterocycles. The van der Waals surface area contributed by atoms with Crippen LogP contribution in [0.1, 0.15) is 27.8 Å². The van der Waals surface area contributed by atoms with Crippen LogP contribution in [-0.2, 0) is 4.74 Å². The average molecular weight is 343 g/mol. The number of hydrogen-bond donors (Lipinski definition) is 1. The van der Waals surface area contributed by atoms with Crippen molar-refractivity contribution >= 4 is 11.9 Å². The Bertz CT molecular complexity index is 748. The van der Waals surface area contributed by atoms with Gasteiger partial charge in [0.1, 0.15) is 5.69 Å². The minimum atomic E-state index is -0.524. The fraction of sp³-hybridized carbons (Fsp3) is 0.412. The molecule has 0 spiro atoms. The molecule has 8 heteroatoms. The molecule has 0 bridgehead atoms. The second kappa shape index (κ2) is 7.43. The van der Waals surface area contributed by atoms with E-state index in [4.69, 9.17) is 4.74 Å². The fourth-order valence-electron chi connectivity index (χ4n) is 2.74. The molecule has 2 aromatic rings. The van der Waals surface area contributed by atoms with Crippen molar-refractivity contribution < 1.29 is 14.3 Å². The molecule has 8 nitrogen and oxygen atoms in total. The number of nitrogens with zero attached hydrogens (tertiary/aromatic N) is 4. The summed E-state index contributed by atoms with van der Waals surface area (Å²) in [5.41, 5.74) is 1.87. The Hall–Kier alpha value is -2.74. The second-order valence-electron chi connectivity index (χ2n) is 5.91. The maximum atomic E-state index is 12.6. The minimum Gasteiger partial charge on any atom is -0.461 e. The summed E-state index contributed by atoms with van der Waals surface area (Å²) in [5, 5.41) is 10.3. The lowest BCUT2D eigenvalue weighted by Crippen LogP contribution is -2.47. The summed E-state index contributed by atoms with van der Waals surface area (Å²) < 4.78 is 4.97. The van der Waals surface area contributed by atoms with E-state index < -0.39 is 5.97 Å². The van der Waals surface area contributed by atoms with Crippen LogP contribution < -0.4 is 0 Å². The van der Waals surface area contributed by atoms with Crippen LogP contribution in [0.2, 0.25) is 0 Å². The molecule has 1 aliphatic rings. The minimum absolute atomic E-state index is 0.0189. The molecular weight excluding hydrogens is 322 g/mol. The predicted molar refractivity (Wildman–Crippen MR) is 91.2 cm³/mol. The molecule has 1 fully saturated rings. The Morgan fingerprint density at radius 1 is 1.12 bits per heavy atom. The number of nitrogens with one attached hydrogen (secondary N) is 1. The van der Waals surface area contributed by atoms with Crippen LogP contribution in [0.25, 0.3) is 11.3 Å². The van der Waals surface area contributed by atoms with Crippen molar-refractivity contribution in [2.24, 2.45) is 0 Å². The lowest BCUT2D eigenvalue weighted by atomic mass is 10.1. The highest BCUT2D eigenvalue weighted by Crippen LogP contribution is 2.21. The van der Waals surface area contributed by atoms with Gasteiger partial charge in [0.05, 0.1) is 6.61 Å². The Balaban J connectivity index is 1.76. The summed E-state index contributed by atoms with van der Waals surface area (Å²) in [6.07, 6.45) is 0. The first kappa shape index (κ1) is 17.1. The maximum Gasteiger partial charge on any atom is 0.361 e. The largest absolute Gasteiger partial charge is 0.461 e. The number of esters is 1. The lowest BCUT2D eigenvalue weighted by Gasteiger charge is -2.32. The molecule has 0 atom stereocenters. The van der Waals surface area contributed by atoms with E-state index in [1.165, 1.54) is 0 Å². The highest BCUT2D eigenvalue weighted by Gasteiger charge is 2.22. The van der Waals surface area contributed by atoms with E-state index in [1.807, 2.05) is 4.90 Å². The summed E-state index contributed by atoms with van der Waals surface area (Å²) in [6.45, 7) is 5.22. The number of aromatic amines is 1. The first-order valence-electron chi connectivity index (χ1n) is 8.26. The summed E-state index contributed by atoms with van der Waals surface area (Å²) in [7, 11) is 2.05. The van der Waals surface area contributed by atoms with Crippen LogP contribution in [0.4, 0.5) is 0 Å². The normalized spacial score (nSPS) is 15.2. The molecular formula is C17H21N5O3. The van der Waals surface area contributed by atoms with E-state index >= 15 is 0 Å². The van der Waals surface area contributed by atoms with E-state index in [0.717, 1.165) is 26.2 Å². The predicted octanol–water partition coefficient (Wildman–Crippen LogP) is 1.04. The topological polar surface area (TPSA) is 91.4 Å². The zero-order valence-electron chi connectivity index (χ0n) is 14.4. The van der Waals surface area contributed by atoms with Gasteiger partial charge in [0.15, 0.2) is 5.69 Å². The van der Waals surface area contributed by atoms with Crippen LogP contribution in [0.3, 0.4) is 0 Å². The molecule has 1 aromatic carbocycles. The number of benzene rings is 1. The average Bonchev–Trinajstić information content (AvgIpc) is 3.12. The Morgan fingerprint density at radius 3 is 2.44 bits per heavy atom. The van der Waals surface area contributed by atoms with E-state index in [1.54, 1.807) is 31.2 Å². The first-order valence-corrected chi connectivity index (χ1v) is 8.26. The summed E-state index contributed by atoms with van der Waals surface area (Å²) >= 11 is 0. The van der Waals surface area contributed by atoms with Gasteiger partial charge in [-0.2, -0.15) is 10.3 Å². The van der Waals surface area contributed by atoms with Crippen molar-refractivity contribution in [3.05, 3.63) is 35.5 Å². The van der Waals surface area contributed by atoms with E-state index in [2.05, 4.69) is 27.4 Å². The number of piperazine rings is 1. The third kappa shape index (κ3) is 3.69. The summed E-state index contributed by atoms with van der Waals surface area (Å²) in [5.74, 6) is -0.505. The molecule has 1 N–H and O–H groups in total. The molecule has 3 rings (SSSR count). The molecule has 1 aromatic heterocycles. The van der Waals surface area contributed by atoms with Crippen molar-refractivity contribution in [2.75, 3.05) is 39.8 Å². The van der Waals surface area contributed by atoms with Crippen LogP contribution in [-0.4, -0.2) is 76.9 Å². The third-order valence-electron chi connectivity index (χ3n) is 4.21. The second-order valence-corrected chi connectivity index (χ2v) is 5.91. The van der Waals surface area contributed by atoms with Crippen LogP contribution in [0.5, 0.6) is 0 Å². The van der Waals surface area contributed by atoms with E-state index in [9.17, 15) is 9.59 Å². The third-order valence-corrected chi connectivity index (χ3v) is 4.21. The molecule has 25 heavy (non-hydrogen) atoms. The monoisotopic (exact) mass is 343 g/mol. The smallest absolute Gasteiger partial charge is 0.361 e. The van der Waals surface area contributed by atoms with Crippen molar-refractivity contribution in [3.63, 3.8) is 0 Å². The lowest BCUT2D eigenvalue weighted by molar-refractivity contribution is 0.0520. The molecule has 1 aliphatic heterocycles. The van der Waals surface area contributed by atoms with Gasteiger partial charge in [-0.3, -0.25) is 4.79 Å². The Labute approximate surface area is 145 Å². The van der Waals surface area contributed by atoms with Gasteiger partial charge in [-0.1, -0.05) is 12.1 Å². The summed E-state index contributed by atoms with van der Waals surface area (Å²) in [6, 6.07) is 7.03. The SMILES string of the molecule is CCOC(=O)c1n[nH]nc1-c1ccc(C(=O)N2CCN(C)CC2)cc1. The number of ether oxygens (including phenoxy) is 1. The standard InChI is InChI=1S/C17H21N5O3/c1-3-25-17(24)15-14(18-20-19-15)12-4-6-13(7-5-12)16(23)22-10-8-21(2)9-11-22/h4-7H,3,8-11H2,1-2H3,(H,18,19,20). The Kier molecular flexibility index (Phi) is 5.08. The first-order chi connectivity index (χ1) is 12.1. The van der Waals surface area contributed by atoms with Crippen LogP contribution in [0.15, 0.2) is 24.3 Å². The molecule has 2 heterocycles. The number of likely N-dealkylation sites (N-methyl/N-ethyl adjacent to an activating group) is 1. The molecule has 0 unspecified atom stereocenters. The number of hydrogen-bond acceptors (Lipinski definition) is 6. The number of rotatable bonds is 4. The van der Waals surface area contributed by atoms with Gasteiger partial charge in [-0.15, -0.1) is 5.10 Å². The van der Waals surface area contributed by atoms with Crippen LogP contribution >= 0.6 is 0 Å². The van der Waals surface area contributed by atoms with E-state index in [-0.39, 0.29) is 18.2 Å². The zero-order valence-corrected chi connectivity index (χ0v) is 14.4. The number of carbonyl (C=O) groups excluding carboxylic acids is 2. The van der Waals surface area contributed by atoms with Crippen molar-refractivity contribution in [1.82, 2.24) is 25.2 Å². The molecule has 0 saturated carbocycles. The summed E-state index contributed by atoms with van der Waals surface area (Å²) in [4.78, 5) is 28.5. The highest BCUT2D eigenvalue weighted by atomic mass is 16.5. The highest BCUT2D eigenvalue weighted by molar-refractivity contribution is 5.96. The van der Waals surface area contributed by atoms with Crippen LogP contribution in [0, 0.1) is 0 Å². The number of aromatic nitrogens is 3. The van der Waals surface area contributed by atoms with Gasteiger partial charge in [0.25, 0.3) is 5.91 Å². The number of carbonyl (C=O) groups is 2. The molecule has 0 aliphatic carbocycles. The molecule has 132 valence electrons. The molecule has 0 radical (unpaired) electrons. The number of amides is 1. The van der Waals surface area contributed by atoms with Gasteiger partial charge >= 0.3 is 5.97 Å². The molecule has 1 amide bonds. The maximum absolute atomic E-state index is 12.6. The van der Waals surface area contributed by atoms with E-state index in [0.29, 0.717) is 16.8 Å². The van der Waals surface area contributed by atoms with Gasteiger partial charge in [0, 0.05) is 37.3 Å². The number of H-pyrrole nitrogens is 1. The van der Waals surface area contributed by atoms with Gasteiger partial charge in [-0.05, 0) is 26.1 Å². The van der Waals surface area contributed by atoms with Gasteiger partial charge < -0.3 is 14.5 Å². The van der Waals surface area contributed by atoms with Gasteiger partial charge in [0.2, 0.25) is 0 Å². The Morgan fingerprint density at radius 2 is 1.80 bits per heavy atom. The van der Waals surface area contributed by atoms with Crippen molar-refractivity contribution in [3.8, 4) is 11.3 Å². The fourth-order valence-corrected chi connectivity index (χ4v) is 2.74. The van der Waals surface area contributed by atoms with Crippen molar-refractivity contribution in [1.29, 1.82) is 0 Å².